The van der Waals surface area contributed by atoms with Gasteiger partial charge in [-0.2, -0.15) is 0 Å². The molecule has 4 nitrogen and oxygen atoms in total. The molecule has 70 valence electrons. The molecule has 1 rings (SSSR count). The molecule has 1 heterocycles. The van der Waals surface area contributed by atoms with Crippen molar-refractivity contribution in [1.29, 1.82) is 0 Å². The molecule has 1 aliphatic heterocycles. The van der Waals surface area contributed by atoms with E-state index in [1.165, 1.54) is 0 Å². The molecule has 4 heteroatoms. The van der Waals surface area contributed by atoms with Gasteiger partial charge in [0, 0.05) is 6.54 Å². The normalized spacial score (nSPS) is 27.6. The van der Waals surface area contributed by atoms with Crippen LogP contribution in [0.4, 0.5) is 0 Å². The van der Waals surface area contributed by atoms with Crippen LogP contribution in [-0.2, 0) is 9.53 Å². The maximum atomic E-state index is 10.4. The summed E-state index contributed by atoms with van der Waals surface area (Å²) in [4.78, 5) is 12.2. The maximum absolute atomic E-state index is 10.4. The van der Waals surface area contributed by atoms with E-state index in [2.05, 4.69) is 0 Å². The highest BCUT2D eigenvalue weighted by Crippen LogP contribution is 2.21. The standard InChI is InChI=1S/C8H15NO3/c1-3-9(5-8(10)11)4-7-6(2)12-7/h6-7H,3-5H2,1-2H3,(H,10,11). The largest absolute Gasteiger partial charge is 0.480 e. The Balaban J connectivity index is 2.21. The molecule has 0 aliphatic carbocycles. The number of epoxide rings is 1. The molecule has 0 aromatic heterocycles. The molecule has 0 bridgehead atoms. The van der Waals surface area contributed by atoms with Crippen molar-refractivity contribution in [3.8, 4) is 0 Å². The topological polar surface area (TPSA) is 53.1 Å². The molecular weight excluding hydrogens is 158 g/mol. The van der Waals surface area contributed by atoms with Crippen molar-refractivity contribution in [2.24, 2.45) is 0 Å². The van der Waals surface area contributed by atoms with E-state index in [1.807, 2.05) is 18.7 Å². The summed E-state index contributed by atoms with van der Waals surface area (Å²) < 4.78 is 5.20. The van der Waals surface area contributed by atoms with Crippen LogP contribution in [0.3, 0.4) is 0 Å². The first kappa shape index (κ1) is 9.48. The molecule has 0 aromatic carbocycles. The van der Waals surface area contributed by atoms with E-state index in [0.29, 0.717) is 6.10 Å². The SMILES string of the molecule is CCN(CC(=O)O)CC1OC1C. The summed E-state index contributed by atoms with van der Waals surface area (Å²) in [6.07, 6.45) is 0.567. The lowest BCUT2D eigenvalue weighted by molar-refractivity contribution is -0.138. The van der Waals surface area contributed by atoms with Crippen molar-refractivity contribution in [1.82, 2.24) is 4.90 Å². The number of carboxylic acids is 1. The number of carboxylic acid groups (broad SMARTS) is 1. The van der Waals surface area contributed by atoms with Gasteiger partial charge in [-0.25, -0.2) is 0 Å². The highest BCUT2D eigenvalue weighted by molar-refractivity contribution is 5.69. The fourth-order valence-electron chi connectivity index (χ4n) is 1.17. The first-order valence-electron chi connectivity index (χ1n) is 4.23. The summed E-state index contributed by atoms with van der Waals surface area (Å²) in [5.41, 5.74) is 0. The van der Waals surface area contributed by atoms with Crippen molar-refractivity contribution in [3.05, 3.63) is 0 Å². The van der Waals surface area contributed by atoms with Gasteiger partial charge in [0.25, 0.3) is 0 Å². The predicted molar refractivity (Wildman–Crippen MR) is 44.1 cm³/mol. The summed E-state index contributed by atoms with van der Waals surface area (Å²) in [5.74, 6) is -0.773. The van der Waals surface area contributed by atoms with E-state index in [4.69, 9.17) is 9.84 Å². The number of rotatable bonds is 5. The Hall–Kier alpha value is -0.610. The summed E-state index contributed by atoms with van der Waals surface area (Å²) in [6, 6.07) is 0. The number of carbonyl (C=O) groups is 1. The average Bonchev–Trinajstić information content (AvgIpc) is 2.64. The van der Waals surface area contributed by atoms with Gasteiger partial charge in [0.05, 0.1) is 18.8 Å². The van der Waals surface area contributed by atoms with Gasteiger partial charge in [-0.15, -0.1) is 0 Å². The minimum absolute atomic E-state index is 0.114. The second-order valence-electron chi connectivity index (χ2n) is 3.10. The molecule has 0 saturated carbocycles. The highest BCUT2D eigenvalue weighted by atomic mass is 16.6. The van der Waals surface area contributed by atoms with Gasteiger partial charge in [0.1, 0.15) is 0 Å². The van der Waals surface area contributed by atoms with E-state index in [1.54, 1.807) is 0 Å². The average molecular weight is 173 g/mol. The lowest BCUT2D eigenvalue weighted by Crippen LogP contribution is -2.33. The second kappa shape index (κ2) is 3.87. The molecule has 1 aliphatic rings. The first-order valence-corrected chi connectivity index (χ1v) is 4.23. The Labute approximate surface area is 72.1 Å². The molecular formula is C8H15NO3. The molecule has 1 fully saturated rings. The number of nitrogens with zero attached hydrogens (tertiary/aromatic N) is 1. The van der Waals surface area contributed by atoms with Crippen LogP contribution < -0.4 is 0 Å². The van der Waals surface area contributed by atoms with Gasteiger partial charge in [-0.1, -0.05) is 6.92 Å². The summed E-state index contributed by atoms with van der Waals surface area (Å²) >= 11 is 0. The van der Waals surface area contributed by atoms with Crippen molar-refractivity contribution in [2.45, 2.75) is 26.1 Å². The smallest absolute Gasteiger partial charge is 0.317 e. The monoisotopic (exact) mass is 173 g/mol. The van der Waals surface area contributed by atoms with Gasteiger partial charge in [-0.05, 0) is 13.5 Å². The van der Waals surface area contributed by atoms with Crippen LogP contribution in [0.5, 0.6) is 0 Å². The van der Waals surface area contributed by atoms with Crippen LogP contribution in [0, 0.1) is 0 Å². The van der Waals surface area contributed by atoms with Gasteiger partial charge >= 0.3 is 5.97 Å². The molecule has 1 N–H and O–H groups in total. The lowest BCUT2D eigenvalue weighted by Gasteiger charge is -2.15. The third-order valence-electron chi connectivity index (χ3n) is 2.08. The number of aliphatic carboxylic acids is 1. The number of hydrogen-bond acceptors (Lipinski definition) is 3. The molecule has 0 amide bonds. The zero-order valence-electron chi connectivity index (χ0n) is 7.49. The third kappa shape index (κ3) is 2.79. The third-order valence-corrected chi connectivity index (χ3v) is 2.08. The minimum atomic E-state index is -0.773. The van der Waals surface area contributed by atoms with Crippen LogP contribution >= 0.6 is 0 Å². The second-order valence-corrected chi connectivity index (χ2v) is 3.10. The molecule has 2 unspecified atom stereocenters. The molecule has 1 saturated heterocycles. The highest BCUT2D eigenvalue weighted by Gasteiger charge is 2.35. The van der Waals surface area contributed by atoms with E-state index < -0.39 is 5.97 Å². The van der Waals surface area contributed by atoms with Gasteiger partial charge in [-0.3, -0.25) is 9.69 Å². The Morgan fingerprint density at radius 3 is 2.58 bits per heavy atom. The number of ether oxygens (including phenoxy) is 1. The van der Waals surface area contributed by atoms with Crippen LogP contribution in [0.25, 0.3) is 0 Å². The van der Waals surface area contributed by atoms with E-state index in [0.717, 1.165) is 13.1 Å². The fourth-order valence-corrected chi connectivity index (χ4v) is 1.17. The number of likely N-dealkylation sites (N-methyl/N-ethyl adjacent to an activating group) is 1. The summed E-state index contributed by atoms with van der Waals surface area (Å²) in [5, 5.41) is 8.53. The quantitative estimate of drug-likeness (QED) is 0.602. The van der Waals surface area contributed by atoms with Crippen molar-refractivity contribution in [2.75, 3.05) is 19.6 Å². The minimum Gasteiger partial charge on any atom is -0.480 e. The summed E-state index contributed by atoms with van der Waals surface area (Å²) in [6.45, 7) is 5.57. The van der Waals surface area contributed by atoms with Crippen LogP contribution in [0.2, 0.25) is 0 Å². The fraction of sp³-hybridized carbons (Fsp3) is 0.875. The van der Waals surface area contributed by atoms with Crippen LogP contribution in [-0.4, -0.2) is 47.8 Å². The van der Waals surface area contributed by atoms with E-state index >= 15 is 0 Å². The Morgan fingerprint density at radius 1 is 1.67 bits per heavy atom. The van der Waals surface area contributed by atoms with Gasteiger partial charge < -0.3 is 9.84 Å². The lowest BCUT2D eigenvalue weighted by atomic mass is 10.3. The van der Waals surface area contributed by atoms with Crippen molar-refractivity contribution >= 4 is 5.97 Å². The van der Waals surface area contributed by atoms with E-state index in [-0.39, 0.29) is 12.6 Å². The molecule has 0 radical (unpaired) electrons. The van der Waals surface area contributed by atoms with Crippen molar-refractivity contribution < 1.29 is 14.6 Å². The Morgan fingerprint density at radius 2 is 2.25 bits per heavy atom. The maximum Gasteiger partial charge on any atom is 0.317 e. The summed E-state index contributed by atoms with van der Waals surface area (Å²) in [7, 11) is 0. The van der Waals surface area contributed by atoms with Crippen LogP contribution in [0.1, 0.15) is 13.8 Å². The Kier molecular flexibility index (Phi) is 3.05. The van der Waals surface area contributed by atoms with E-state index in [9.17, 15) is 4.79 Å². The zero-order chi connectivity index (χ0) is 9.14. The number of hydrogen-bond donors (Lipinski definition) is 1. The molecule has 2 atom stereocenters. The predicted octanol–water partition coefficient (Wildman–Crippen LogP) is 0.180. The van der Waals surface area contributed by atoms with Gasteiger partial charge in [0.15, 0.2) is 0 Å². The van der Waals surface area contributed by atoms with Crippen molar-refractivity contribution in [3.63, 3.8) is 0 Å². The molecule has 12 heavy (non-hydrogen) atoms. The molecule has 0 aromatic rings. The van der Waals surface area contributed by atoms with Crippen LogP contribution in [0.15, 0.2) is 0 Å². The zero-order valence-corrected chi connectivity index (χ0v) is 7.49. The Bertz CT molecular complexity index is 172. The molecule has 0 spiro atoms. The first-order chi connectivity index (χ1) is 5.63. The van der Waals surface area contributed by atoms with Gasteiger partial charge in [0.2, 0.25) is 0 Å².